The number of nitrogens with one attached hydrogen (secondary N) is 1. The minimum absolute atomic E-state index is 0.101. The van der Waals surface area contributed by atoms with E-state index in [2.05, 4.69) is 5.32 Å². The van der Waals surface area contributed by atoms with E-state index < -0.39 is 22.3 Å². The maximum absolute atomic E-state index is 13.8. The van der Waals surface area contributed by atoms with Crippen LogP contribution in [0.2, 0.25) is 0 Å². The van der Waals surface area contributed by atoms with Gasteiger partial charge in [0, 0.05) is 17.0 Å². The summed E-state index contributed by atoms with van der Waals surface area (Å²) >= 11 is 0. The van der Waals surface area contributed by atoms with Gasteiger partial charge in [0.2, 0.25) is 0 Å². The Morgan fingerprint density at radius 2 is 1.93 bits per heavy atom. The minimum atomic E-state index is -0.790. The lowest BCUT2D eigenvalue weighted by molar-refractivity contribution is -0.385. The molecule has 3 rings (SSSR count). The van der Waals surface area contributed by atoms with Crippen LogP contribution >= 0.6 is 0 Å². The fourth-order valence-corrected chi connectivity index (χ4v) is 2.73. The molecule has 6 nitrogen and oxygen atoms in total. The summed E-state index contributed by atoms with van der Waals surface area (Å²) in [5, 5.41) is 15.5. The second-order valence-corrected chi connectivity index (χ2v) is 5.94. The number of hydrogen-bond acceptors (Lipinski definition) is 4. The van der Waals surface area contributed by atoms with Gasteiger partial charge >= 0.3 is 0 Å². The Morgan fingerprint density at radius 3 is 2.70 bits per heavy atom. The molecular weight excluding hydrogens is 351 g/mol. The van der Waals surface area contributed by atoms with Crippen LogP contribution in [-0.2, 0) is 0 Å². The van der Waals surface area contributed by atoms with Crippen LogP contribution in [0, 0.1) is 22.9 Å². The Hall–Kier alpha value is -3.48. The normalized spacial score (nSPS) is 10.6. The van der Waals surface area contributed by atoms with Gasteiger partial charge in [-0.3, -0.25) is 14.9 Å². The molecule has 138 valence electrons. The zero-order chi connectivity index (χ0) is 19.4. The van der Waals surface area contributed by atoms with Gasteiger partial charge in [-0.2, -0.15) is 0 Å². The molecule has 1 N–H and O–H groups in total. The van der Waals surface area contributed by atoms with Gasteiger partial charge in [0.15, 0.2) is 0 Å². The molecule has 0 heterocycles. The molecule has 0 atom stereocenters. The van der Waals surface area contributed by atoms with Crippen molar-refractivity contribution in [3.8, 4) is 5.75 Å². The average molecular weight is 368 g/mol. The summed E-state index contributed by atoms with van der Waals surface area (Å²) in [5.41, 5.74) is -0.627. The topological polar surface area (TPSA) is 81.5 Å². The Labute approximate surface area is 154 Å². The molecule has 0 fully saturated rings. The van der Waals surface area contributed by atoms with Crippen molar-refractivity contribution in [2.45, 2.75) is 6.92 Å². The first-order valence-electron chi connectivity index (χ1n) is 8.30. The Balaban J connectivity index is 1.62. The predicted octanol–water partition coefficient (Wildman–Crippen LogP) is 4.00. The summed E-state index contributed by atoms with van der Waals surface area (Å²) in [6.07, 6.45) is 0. The molecule has 7 heteroatoms. The first-order chi connectivity index (χ1) is 13.0. The lowest BCUT2D eigenvalue weighted by atomic mass is 10.1. The van der Waals surface area contributed by atoms with Gasteiger partial charge in [0.1, 0.15) is 18.2 Å². The molecule has 0 aliphatic carbocycles. The van der Waals surface area contributed by atoms with Gasteiger partial charge in [0.05, 0.1) is 17.0 Å². The first-order valence-corrected chi connectivity index (χ1v) is 8.30. The Bertz CT molecular complexity index is 1010. The molecular formula is C20H17FN2O4. The van der Waals surface area contributed by atoms with Crippen LogP contribution in [0.1, 0.15) is 15.9 Å². The number of carbonyl (C=O) groups is 1. The number of carbonyl (C=O) groups excluding carboxylic acids is 1. The van der Waals surface area contributed by atoms with Gasteiger partial charge in [-0.05, 0) is 24.4 Å². The number of fused-ring (bicyclic) bond motifs is 1. The van der Waals surface area contributed by atoms with Crippen LogP contribution in [0.5, 0.6) is 5.75 Å². The molecule has 0 saturated heterocycles. The number of nitro benzene ring substituents is 1. The number of rotatable bonds is 6. The van der Waals surface area contributed by atoms with E-state index in [1.807, 2.05) is 42.5 Å². The van der Waals surface area contributed by atoms with Crippen molar-refractivity contribution in [2.24, 2.45) is 0 Å². The molecule has 0 spiro atoms. The van der Waals surface area contributed by atoms with Crippen LogP contribution < -0.4 is 10.1 Å². The summed E-state index contributed by atoms with van der Waals surface area (Å²) < 4.78 is 19.5. The molecule has 0 aliphatic heterocycles. The van der Waals surface area contributed by atoms with Crippen molar-refractivity contribution in [3.05, 3.63) is 81.7 Å². The van der Waals surface area contributed by atoms with E-state index in [1.165, 1.54) is 6.92 Å². The highest BCUT2D eigenvalue weighted by atomic mass is 19.1. The largest absolute Gasteiger partial charge is 0.491 e. The van der Waals surface area contributed by atoms with Crippen molar-refractivity contribution >= 4 is 22.4 Å². The molecule has 3 aromatic carbocycles. The van der Waals surface area contributed by atoms with E-state index in [0.717, 1.165) is 22.9 Å². The van der Waals surface area contributed by atoms with E-state index >= 15 is 0 Å². The van der Waals surface area contributed by atoms with Gasteiger partial charge in [-0.1, -0.05) is 36.4 Å². The number of benzene rings is 3. The van der Waals surface area contributed by atoms with Crippen LogP contribution in [0.4, 0.5) is 10.1 Å². The van der Waals surface area contributed by atoms with E-state index in [-0.39, 0.29) is 24.3 Å². The van der Waals surface area contributed by atoms with Gasteiger partial charge < -0.3 is 10.1 Å². The van der Waals surface area contributed by atoms with Gasteiger partial charge in [0.25, 0.3) is 11.6 Å². The molecule has 0 aliphatic rings. The first kappa shape index (κ1) is 18.3. The van der Waals surface area contributed by atoms with Crippen LogP contribution in [0.3, 0.4) is 0 Å². The number of ether oxygens (including phenoxy) is 1. The number of hydrogen-bond donors (Lipinski definition) is 1. The maximum atomic E-state index is 13.8. The zero-order valence-electron chi connectivity index (χ0n) is 14.6. The van der Waals surface area contributed by atoms with Crippen LogP contribution in [0.25, 0.3) is 10.8 Å². The highest BCUT2D eigenvalue weighted by Gasteiger charge is 2.19. The third-order valence-corrected chi connectivity index (χ3v) is 4.17. The number of halogens is 1. The standard InChI is InChI=1S/C20H17FN2O4/c1-13-17(21)11-15(12-18(13)23(25)26)20(24)22-9-10-27-19-8-4-6-14-5-2-3-7-16(14)19/h2-8,11-12H,9-10H2,1H3,(H,22,24). The van der Waals surface area contributed by atoms with E-state index in [1.54, 1.807) is 0 Å². The number of amides is 1. The SMILES string of the molecule is Cc1c(F)cc(C(=O)NCCOc2cccc3ccccc23)cc1[N+](=O)[O-]. The highest BCUT2D eigenvalue weighted by molar-refractivity contribution is 5.95. The molecule has 0 radical (unpaired) electrons. The van der Waals surface area contributed by atoms with Crippen molar-refractivity contribution in [3.63, 3.8) is 0 Å². The van der Waals surface area contributed by atoms with Gasteiger partial charge in [-0.15, -0.1) is 0 Å². The highest BCUT2D eigenvalue weighted by Crippen LogP contribution is 2.25. The summed E-state index contributed by atoms with van der Waals surface area (Å²) in [7, 11) is 0. The fourth-order valence-electron chi connectivity index (χ4n) is 2.73. The lowest BCUT2D eigenvalue weighted by Crippen LogP contribution is -2.28. The van der Waals surface area contributed by atoms with E-state index in [4.69, 9.17) is 4.74 Å². The van der Waals surface area contributed by atoms with Crippen molar-refractivity contribution in [1.29, 1.82) is 0 Å². The summed E-state index contributed by atoms with van der Waals surface area (Å²) in [6, 6.07) is 15.5. The summed E-state index contributed by atoms with van der Waals surface area (Å²) in [5.74, 6) is -0.695. The predicted molar refractivity (Wildman–Crippen MR) is 99.6 cm³/mol. The molecule has 27 heavy (non-hydrogen) atoms. The second kappa shape index (κ2) is 7.82. The maximum Gasteiger partial charge on any atom is 0.276 e. The number of nitrogens with zero attached hydrogens (tertiary/aromatic N) is 1. The van der Waals surface area contributed by atoms with Gasteiger partial charge in [-0.25, -0.2) is 4.39 Å². The Kier molecular flexibility index (Phi) is 5.30. The molecule has 0 aromatic heterocycles. The van der Waals surface area contributed by atoms with Crippen LogP contribution in [0.15, 0.2) is 54.6 Å². The monoisotopic (exact) mass is 368 g/mol. The molecule has 0 unspecified atom stereocenters. The quantitative estimate of drug-likeness (QED) is 0.405. The smallest absolute Gasteiger partial charge is 0.276 e. The van der Waals surface area contributed by atoms with E-state index in [9.17, 15) is 19.3 Å². The summed E-state index contributed by atoms with van der Waals surface area (Å²) in [6.45, 7) is 1.68. The molecule has 3 aromatic rings. The fraction of sp³-hybridized carbons (Fsp3) is 0.150. The summed E-state index contributed by atoms with van der Waals surface area (Å²) in [4.78, 5) is 22.4. The van der Waals surface area contributed by atoms with Crippen molar-refractivity contribution < 1.29 is 18.8 Å². The van der Waals surface area contributed by atoms with E-state index in [0.29, 0.717) is 5.75 Å². The van der Waals surface area contributed by atoms with Crippen LogP contribution in [-0.4, -0.2) is 24.0 Å². The zero-order valence-corrected chi connectivity index (χ0v) is 14.6. The molecule has 0 saturated carbocycles. The minimum Gasteiger partial charge on any atom is -0.491 e. The average Bonchev–Trinajstić information content (AvgIpc) is 2.66. The third kappa shape index (κ3) is 4.03. The van der Waals surface area contributed by atoms with Crippen molar-refractivity contribution in [2.75, 3.05) is 13.2 Å². The Morgan fingerprint density at radius 1 is 1.19 bits per heavy atom. The second-order valence-electron chi connectivity index (χ2n) is 5.94. The third-order valence-electron chi connectivity index (χ3n) is 4.17. The van der Waals surface area contributed by atoms with Crippen molar-refractivity contribution in [1.82, 2.24) is 5.32 Å². The molecule has 0 bridgehead atoms. The lowest BCUT2D eigenvalue weighted by Gasteiger charge is -2.10. The molecule has 1 amide bonds. The number of nitro groups is 1.